The van der Waals surface area contributed by atoms with Crippen molar-refractivity contribution in [2.45, 2.75) is 24.2 Å². The number of primary amides is 1. The van der Waals surface area contributed by atoms with Crippen LogP contribution in [0.4, 0.5) is 11.4 Å². The van der Waals surface area contributed by atoms with Crippen LogP contribution in [0.3, 0.4) is 0 Å². The standard InChI is InChI=1S/C30H36N4O7S/c1-39-24-6-4-5-22(18-24)30(36)33-23-8-9-25(34-15-12-21(13-16-34)29(31)35)28(19-23)42(37,38)32-14-11-20-7-10-26(40-2)27(17-20)41-3/h4-10,17-19,21,32H,11-16H2,1-3H3,(H2,31,35)(H,33,36). The quantitative estimate of drug-likeness (QED) is 0.289. The Hall–Kier alpha value is -4.29. The number of sulfonamides is 1. The van der Waals surface area contributed by atoms with E-state index in [1.807, 2.05) is 11.0 Å². The third-order valence-electron chi connectivity index (χ3n) is 7.23. The van der Waals surface area contributed by atoms with Crippen molar-refractivity contribution in [1.29, 1.82) is 0 Å². The van der Waals surface area contributed by atoms with Crippen LogP contribution in [0.15, 0.2) is 65.6 Å². The zero-order chi connectivity index (χ0) is 30.3. The van der Waals surface area contributed by atoms with Gasteiger partial charge in [-0.3, -0.25) is 9.59 Å². The molecular formula is C30H36N4O7S. The Kier molecular flexibility index (Phi) is 9.92. The van der Waals surface area contributed by atoms with Gasteiger partial charge in [0.15, 0.2) is 11.5 Å². The predicted octanol–water partition coefficient (Wildman–Crippen LogP) is 3.19. The molecule has 1 saturated heterocycles. The highest BCUT2D eigenvalue weighted by Gasteiger charge is 2.28. The summed E-state index contributed by atoms with van der Waals surface area (Å²) in [7, 11) is 0.587. The molecule has 42 heavy (non-hydrogen) atoms. The van der Waals surface area contributed by atoms with Crippen LogP contribution >= 0.6 is 0 Å². The van der Waals surface area contributed by atoms with Crippen LogP contribution in [0.5, 0.6) is 17.2 Å². The average Bonchev–Trinajstić information content (AvgIpc) is 3.00. The van der Waals surface area contributed by atoms with Crippen molar-refractivity contribution in [2.24, 2.45) is 11.7 Å². The summed E-state index contributed by atoms with van der Waals surface area (Å²) < 4.78 is 45.9. The second kappa shape index (κ2) is 13.6. The van der Waals surface area contributed by atoms with Crippen molar-refractivity contribution in [3.8, 4) is 17.2 Å². The van der Waals surface area contributed by atoms with Crippen LogP contribution in [-0.4, -0.2) is 61.2 Å². The topological polar surface area (TPSA) is 149 Å². The molecule has 0 spiro atoms. The molecule has 0 atom stereocenters. The van der Waals surface area contributed by atoms with Gasteiger partial charge in [0.25, 0.3) is 5.91 Å². The van der Waals surface area contributed by atoms with E-state index in [1.165, 1.54) is 20.3 Å². The summed E-state index contributed by atoms with van der Waals surface area (Å²) in [6.45, 7) is 1.07. The number of nitrogens with two attached hydrogens (primary N) is 1. The molecule has 0 aromatic heterocycles. The maximum absolute atomic E-state index is 13.7. The van der Waals surface area contributed by atoms with Gasteiger partial charge in [-0.05, 0) is 73.4 Å². The second-order valence-corrected chi connectivity index (χ2v) is 11.6. The Bertz CT molecular complexity index is 1540. The molecule has 1 fully saturated rings. The summed E-state index contributed by atoms with van der Waals surface area (Å²) in [5, 5.41) is 2.79. The normalized spacial score (nSPS) is 13.8. The molecule has 224 valence electrons. The highest BCUT2D eigenvalue weighted by atomic mass is 32.2. The molecule has 0 saturated carbocycles. The molecular weight excluding hydrogens is 560 g/mol. The van der Waals surface area contributed by atoms with Gasteiger partial charge in [-0.2, -0.15) is 0 Å². The molecule has 4 N–H and O–H groups in total. The number of methoxy groups -OCH3 is 3. The van der Waals surface area contributed by atoms with Crippen LogP contribution in [-0.2, 0) is 21.2 Å². The van der Waals surface area contributed by atoms with Crippen molar-refractivity contribution in [3.63, 3.8) is 0 Å². The van der Waals surface area contributed by atoms with Gasteiger partial charge in [-0.1, -0.05) is 12.1 Å². The van der Waals surface area contributed by atoms with Gasteiger partial charge in [-0.25, -0.2) is 13.1 Å². The van der Waals surface area contributed by atoms with Crippen molar-refractivity contribution in [3.05, 3.63) is 71.8 Å². The fraction of sp³-hybridized carbons (Fsp3) is 0.333. The molecule has 0 unspecified atom stereocenters. The van der Waals surface area contributed by atoms with Gasteiger partial charge in [-0.15, -0.1) is 0 Å². The van der Waals surface area contributed by atoms with E-state index in [2.05, 4.69) is 10.0 Å². The average molecular weight is 597 g/mol. The van der Waals surface area contributed by atoms with Gasteiger partial charge in [0.05, 0.1) is 27.0 Å². The lowest BCUT2D eigenvalue weighted by atomic mass is 9.96. The van der Waals surface area contributed by atoms with Gasteiger partial charge in [0.1, 0.15) is 10.6 Å². The Labute approximate surface area is 246 Å². The Morgan fingerprint density at radius 1 is 0.929 bits per heavy atom. The van der Waals surface area contributed by atoms with E-state index >= 15 is 0 Å². The van der Waals surface area contributed by atoms with Crippen LogP contribution in [0.1, 0.15) is 28.8 Å². The molecule has 3 aromatic carbocycles. The molecule has 2 amide bonds. The minimum absolute atomic E-state index is 0.0239. The first kappa shape index (κ1) is 30.7. The Morgan fingerprint density at radius 2 is 1.67 bits per heavy atom. The lowest BCUT2D eigenvalue weighted by Gasteiger charge is -2.33. The number of hydrogen-bond acceptors (Lipinski definition) is 8. The molecule has 4 rings (SSSR count). The van der Waals surface area contributed by atoms with Gasteiger partial charge in [0.2, 0.25) is 15.9 Å². The highest BCUT2D eigenvalue weighted by Crippen LogP contribution is 2.32. The molecule has 1 aliphatic heterocycles. The smallest absolute Gasteiger partial charge is 0.255 e. The van der Waals surface area contributed by atoms with E-state index < -0.39 is 15.9 Å². The lowest BCUT2D eigenvalue weighted by molar-refractivity contribution is -0.122. The minimum atomic E-state index is -4.01. The van der Waals surface area contributed by atoms with Gasteiger partial charge >= 0.3 is 0 Å². The minimum Gasteiger partial charge on any atom is -0.497 e. The number of rotatable bonds is 12. The molecule has 1 aliphatic rings. The first-order valence-electron chi connectivity index (χ1n) is 13.5. The third-order valence-corrected chi connectivity index (χ3v) is 8.72. The number of carbonyl (C=O) groups is 2. The van der Waals surface area contributed by atoms with Gasteiger partial charge < -0.3 is 30.2 Å². The Morgan fingerprint density at radius 3 is 2.33 bits per heavy atom. The zero-order valence-corrected chi connectivity index (χ0v) is 24.7. The van der Waals surface area contributed by atoms with Gasteiger partial charge in [0, 0.05) is 36.8 Å². The molecule has 0 aliphatic carbocycles. The molecule has 0 bridgehead atoms. The second-order valence-electron chi connectivity index (χ2n) is 9.87. The summed E-state index contributed by atoms with van der Waals surface area (Å²) >= 11 is 0. The third kappa shape index (κ3) is 7.31. The predicted molar refractivity (Wildman–Crippen MR) is 160 cm³/mol. The number of piperidine rings is 1. The number of benzene rings is 3. The highest BCUT2D eigenvalue weighted by molar-refractivity contribution is 7.89. The summed E-state index contributed by atoms with van der Waals surface area (Å²) in [6.07, 6.45) is 1.46. The van der Waals surface area contributed by atoms with E-state index in [9.17, 15) is 18.0 Å². The van der Waals surface area contributed by atoms with Crippen LogP contribution in [0.25, 0.3) is 0 Å². The fourth-order valence-electron chi connectivity index (χ4n) is 4.88. The maximum atomic E-state index is 13.7. The number of nitrogens with one attached hydrogen (secondary N) is 2. The SMILES string of the molecule is COc1cccc(C(=O)Nc2ccc(N3CCC(C(N)=O)CC3)c(S(=O)(=O)NCCc3ccc(OC)c(OC)c3)c2)c1. The van der Waals surface area contributed by atoms with Crippen LogP contribution in [0, 0.1) is 5.92 Å². The number of ether oxygens (including phenoxy) is 3. The number of anilines is 2. The summed E-state index contributed by atoms with van der Waals surface area (Å²) in [6, 6.07) is 16.9. The van der Waals surface area contributed by atoms with E-state index in [4.69, 9.17) is 19.9 Å². The monoisotopic (exact) mass is 596 g/mol. The van der Waals surface area contributed by atoms with E-state index in [0.29, 0.717) is 66.5 Å². The number of amides is 2. The Balaban J connectivity index is 1.57. The summed E-state index contributed by atoms with van der Waals surface area (Å²) in [4.78, 5) is 26.6. The largest absolute Gasteiger partial charge is 0.497 e. The van der Waals surface area contributed by atoms with E-state index in [1.54, 1.807) is 55.6 Å². The number of hydrogen-bond donors (Lipinski definition) is 3. The molecule has 3 aromatic rings. The lowest BCUT2D eigenvalue weighted by Crippen LogP contribution is -2.39. The molecule has 1 heterocycles. The first-order valence-corrected chi connectivity index (χ1v) is 15.0. The number of nitrogens with zero attached hydrogens (tertiary/aromatic N) is 1. The molecule has 11 nitrogen and oxygen atoms in total. The van der Waals surface area contributed by atoms with Crippen molar-refractivity contribution < 1.29 is 32.2 Å². The zero-order valence-electron chi connectivity index (χ0n) is 23.9. The van der Waals surface area contributed by atoms with E-state index in [-0.39, 0.29) is 23.3 Å². The van der Waals surface area contributed by atoms with Crippen LogP contribution < -0.4 is 34.9 Å². The van der Waals surface area contributed by atoms with E-state index in [0.717, 1.165) is 5.56 Å². The number of carbonyl (C=O) groups excluding carboxylic acids is 2. The molecule has 0 radical (unpaired) electrons. The molecule has 12 heteroatoms. The summed E-state index contributed by atoms with van der Waals surface area (Å²) in [5.41, 5.74) is 7.52. The van der Waals surface area contributed by atoms with Crippen molar-refractivity contribution >= 4 is 33.2 Å². The first-order chi connectivity index (χ1) is 20.1. The summed E-state index contributed by atoms with van der Waals surface area (Å²) in [5.74, 6) is 0.656. The maximum Gasteiger partial charge on any atom is 0.255 e. The van der Waals surface area contributed by atoms with Crippen molar-refractivity contribution in [1.82, 2.24) is 4.72 Å². The van der Waals surface area contributed by atoms with Crippen molar-refractivity contribution in [2.75, 3.05) is 51.2 Å². The fourth-order valence-corrected chi connectivity index (χ4v) is 6.17. The van der Waals surface area contributed by atoms with Crippen LogP contribution in [0.2, 0.25) is 0 Å².